The van der Waals surface area contributed by atoms with Gasteiger partial charge in [-0.1, -0.05) is 0 Å². The van der Waals surface area contributed by atoms with E-state index < -0.39 is 0 Å². The van der Waals surface area contributed by atoms with E-state index in [1.54, 1.807) is 11.6 Å². The van der Waals surface area contributed by atoms with Gasteiger partial charge in [-0.2, -0.15) is 0 Å². The maximum atomic E-state index is 12.2. The second-order valence-electron chi connectivity index (χ2n) is 5.54. The number of aromatic nitrogens is 1. The van der Waals surface area contributed by atoms with Crippen LogP contribution in [0.4, 0.5) is 0 Å². The number of esters is 1. The van der Waals surface area contributed by atoms with E-state index in [1.807, 2.05) is 26.0 Å². The first-order valence-corrected chi connectivity index (χ1v) is 7.04. The van der Waals surface area contributed by atoms with Crippen LogP contribution in [0.1, 0.15) is 23.8 Å². The monoisotopic (exact) mass is 299 g/mol. The number of carbonyl (C=O) groups excluding carboxylic acids is 1. The normalized spacial score (nSPS) is 11.3. The highest BCUT2D eigenvalue weighted by Crippen LogP contribution is 2.31. The van der Waals surface area contributed by atoms with Crippen molar-refractivity contribution in [3.63, 3.8) is 0 Å². The highest BCUT2D eigenvalue weighted by Gasteiger charge is 2.15. The second kappa shape index (κ2) is 5.02. The summed E-state index contributed by atoms with van der Waals surface area (Å²) in [6.07, 6.45) is 0. The number of hydrogen-bond donors (Lipinski definition) is 0. The lowest BCUT2D eigenvalue weighted by molar-refractivity contribution is -0.142. The standard InChI is InChI=1S/C17H17NO4/c1-9-5-13-12(8-21-11(3)19)7-15(20)18(4)16(13)14-6-10(2)22-17(9)14/h5-7H,8H2,1-4H3. The van der Waals surface area contributed by atoms with Crippen molar-refractivity contribution < 1.29 is 13.9 Å². The molecule has 3 aromatic rings. The van der Waals surface area contributed by atoms with E-state index in [9.17, 15) is 9.59 Å². The molecule has 114 valence electrons. The molecule has 0 atom stereocenters. The van der Waals surface area contributed by atoms with Crippen LogP contribution in [0.2, 0.25) is 0 Å². The van der Waals surface area contributed by atoms with Crippen LogP contribution in [-0.2, 0) is 23.2 Å². The van der Waals surface area contributed by atoms with Gasteiger partial charge in [-0.3, -0.25) is 9.59 Å². The number of ether oxygens (including phenoxy) is 1. The predicted molar refractivity (Wildman–Crippen MR) is 83.9 cm³/mol. The zero-order valence-corrected chi connectivity index (χ0v) is 13.0. The molecule has 22 heavy (non-hydrogen) atoms. The molecule has 0 bridgehead atoms. The SMILES string of the molecule is CC(=O)OCc1cc(=O)n(C)c2c1cc(C)c1oc(C)cc12. The smallest absolute Gasteiger partial charge is 0.302 e. The Morgan fingerprint density at radius 2 is 1.95 bits per heavy atom. The number of carbonyl (C=O) groups is 1. The first kappa shape index (κ1) is 14.4. The van der Waals surface area contributed by atoms with Gasteiger partial charge in [0.25, 0.3) is 5.56 Å². The first-order chi connectivity index (χ1) is 10.4. The van der Waals surface area contributed by atoms with Gasteiger partial charge in [-0.25, -0.2) is 0 Å². The molecule has 0 radical (unpaired) electrons. The molecule has 3 rings (SSSR count). The molecule has 2 aromatic heterocycles. The van der Waals surface area contributed by atoms with Crippen molar-refractivity contribution in [1.29, 1.82) is 0 Å². The van der Waals surface area contributed by atoms with Crippen LogP contribution in [0.15, 0.2) is 27.4 Å². The van der Waals surface area contributed by atoms with Gasteiger partial charge in [-0.15, -0.1) is 0 Å². The third-order valence-electron chi connectivity index (χ3n) is 3.83. The van der Waals surface area contributed by atoms with Crippen LogP contribution in [0.5, 0.6) is 0 Å². The van der Waals surface area contributed by atoms with Crippen LogP contribution in [0.25, 0.3) is 21.9 Å². The van der Waals surface area contributed by atoms with E-state index in [4.69, 9.17) is 9.15 Å². The second-order valence-corrected chi connectivity index (χ2v) is 5.54. The zero-order chi connectivity index (χ0) is 16.0. The molecule has 0 fully saturated rings. The van der Waals surface area contributed by atoms with Gasteiger partial charge in [-0.05, 0) is 31.5 Å². The van der Waals surface area contributed by atoms with Gasteiger partial charge in [0, 0.05) is 36.4 Å². The molecule has 1 aromatic carbocycles. The maximum absolute atomic E-state index is 12.2. The molecule has 0 aliphatic rings. The molecule has 0 aliphatic carbocycles. The van der Waals surface area contributed by atoms with Crippen LogP contribution < -0.4 is 5.56 Å². The number of pyridine rings is 1. The van der Waals surface area contributed by atoms with Crippen molar-refractivity contribution in [3.8, 4) is 0 Å². The van der Waals surface area contributed by atoms with E-state index in [0.717, 1.165) is 33.2 Å². The highest BCUT2D eigenvalue weighted by molar-refractivity contribution is 6.06. The number of rotatable bonds is 2. The van der Waals surface area contributed by atoms with Crippen molar-refractivity contribution in [2.75, 3.05) is 0 Å². The van der Waals surface area contributed by atoms with Gasteiger partial charge < -0.3 is 13.7 Å². The Balaban J connectivity index is 2.41. The van der Waals surface area contributed by atoms with E-state index >= 15 is 0 Å². The van der Waals surface area contributed by atoms with Crippen molar-refractivity contribution in [2.24, 2.45) is 7.05 Å². The summed E-state index contributed by atoms with van der Waals surface area (Å²) in [6, 6.07) is 5.42. The molecule has 0 unspecified atom stereocenters. The zero-order valence-electron chi connectivity index (χ0n) is 13.0. The third-order valence-corrected chi connectivity index (χ3v) is 3.83. The summed E-state index contributed by atoms with van der Waals surface area (Å²) in [6.45, 7) is 5.29. The molecule has 0 N–H and O–H groups in total. The Morgan fingerprint density at radius 1 is 1.23 bits per heavy atom. The molecule has 2 heterocycles. The number of fused-ring (bicyclic) bond motifs is 3. The first-order valence-electron chi connectivity index (χ1n) is 7.04. The van der Waals surface area contributed by atoms with Crippen LogP contribution >= 0.6 is 0 Å². The van der Waals surface area contributed by atoms with Crippen LogP contribution in [-0.4, -0.2) is 10.5 Å². The summed E-state index contributed by atoms with van der Waals surface area (Å²) >= 11 is 0. The Kier molecular flexibility index (Phi) is 3.28. The Labute approximate surface area is 127 Å². The number of nitrogens with zero attached hydrogens (tertiary/aromatic N) is 1. The number of aryl methyl sites for hydroxylation is 3. The van der Waals surface area contributed by atoms with E-state index in [-0.39, 0.29) is 18.1 Å². The summed E-state index contributed by atoms with van der Waals surface area (Å²) in [7, 11) is 1.73. The molecular formula is C17H17NO4. The minimum Gasteiger partial charge on any atom is -0.461 e. The van der Waals surface area contributed by atoms with Crippen molar-refractivity contribution in [1.82, 2.24) is 4.57 Å². The molecule has 0 saturated carbocycles. The minimum absolute atomic E-state index is 0.0870. The molecule has 0 saturated heterocycles. The number of furan rings is 1. The lowest BCUT2D eigenvalue weighted by atomic mass is 10.0. The fourth-order valence-electron chi connectivity index (χ4n) is 2.82. The molecule has 5 nitrogen and oxygen atoms in total. The number of hydrogen-bond acceptors (Lipinski definition) is 4. The van der Waals surface area contributed by atoms with Crippen molar-refractivity contribution in [3.05, 3.63) is 45.4 Å². The predicted octanol–water partition coefficient (Wildman–Crippen LogP) is 2.96. The summed E-state index contributed by atoms with van der Waals surface area (Å²) in [4.78, 5) is 23.3. The van der Waals surface area contributed by atoms with Gasteiger partial charge in [0.15, 0.2) is 0 Å². The molecule has 0 aliphatic heterocycles. The molecule has 5 heteroatoms. The lowest BCUT2D eigenvalue weighted by Crippen LogP contribution is -2.18. The minimum atomic E-state index is -0.370. The summed E-state index contributed by atoms with van der Waals surface area (Å²) in [5.74, 6) is 0.425. The van der Waals surface area contributed by atoms with E-state index in [1.165, 1.54) is 13.0 Å². The van der Waals surface area contributed by atoms with Crippen LogP contribution in [0, 0.1) is 13.8 Å². The largest absolute Gasteiger partial charge is 0.461 e. The van der Waals surface area contributed by atoms with E-state index in [2.05, 4.69) is 0 Å². The van der Waals surface area contributed by atoms with Crippen LogP contribution in [0.3, 0.4) is 0 Å². The maximum Gasteiger partial charge on any atom is 0.302 e. The van der Waals surface area contributed by atoms with Gasteiger partial charge in [0.1, 0.15) is 18.0 Å². The van der Waals surface area contributed by atoms with E-state index in [0.29, 0.717) is 5.56 Å². The van der Waals surface area contributed by atoms with Gasteiger partial charge >= 0.3 is 5.97 Å². The average Bonchev–Trinajstić information content (AvgIpc) is 2.83. The fourth-order valence-corrected chi connectivity index (χ4v) is 2.82. The summed E-state index contributed by atoms with van der Waals surface area (Å²) in [5, 5.41) is 1.80. The summed E-state index contributed by atoms with van der Waals surface area (Å²) in [5.41, 5.74) is 3.13. The Morgan fingerprint density at radius 3 is 2.64 bits per heavy atom. The molecular weight excluding hydrogens is 282 g/mol. The highest BCUT2D eigenvalue weighted by atomic mass is 16.5. The quantitative estimate of drug-likeness (QED) is 0.683. The lowest BCUT2D eigenvalue weighted by Gasteiger charge is -2.12. The van der Waals surface area contributed by atoms with Gasteiger partial charge in [0.2, 0.25) is 0 Å². The Bertz CT molecular complexity index is 962. The Hall–Kier alpha value is -2.56. The average molecular weight is 299 g/mol. The van der Waals surface area contributed by atoms with Crippen molar-refractivity contribution in [2.45, 2.75) is 27.4 Å². The number of benzene rings is 1. The fraction of sp³-hybridized carbons (Fsp3) is 0.294. The summed E-state index contributed by atoms with van der Waals surface area (Å²) < 4.78 is 12.4. The van der Waals surface area contributed by atoms with Crippen molar-refractivity contribution >= 4 is 27.8 Å². The molecule has 0 amide bonds. The molecule has 0 spiro atoms. The van der Waals surface area contributed by atoms with Gasteiger partial charge in [0.05, 0.1) is 5.52 Å². The third kappa shape index (κ3) is 2.19. The topological polar surface area (TPSA) is 61.4 Å².